The van der Waals surface area contributed by atoms with E-state index < -0.39 is 5.97 Å². The third-order valence-corrected chi connectivity index (χ3v) is 3.12. The number of cyclic esters (lactones) is 1. The number of hydrogen-bond donors (Lipinski definition) is 2. The molecular formula is C14H18N2O4. The van der Waals surface area contributed by atoms with Crippen molar-refractivity contribution in [3.05, 3.63) is 24.3 Å². The summed E-state index contributed by atoms with van der Waals surface area (Å²) in [5, 5.41) is 11.9. The van der Waals surface area contributed by atoms with Crippen LogP contribution in [0.1, 0.15) is 19.8 Å². The van der Waals surface area contributed by atoms with Crippen molar-refractivity contribution < 1.29 is 19.4 Å². The zero-order valence-corrected chi connectivity index (χ0v) is 11.3. The Balaban J connectivity index is 1.99. The van der Waals surface area contributed by atoms with Gasteiger partial charge in [-0.1, -0.05) is 6.07 Å². The molecule has 1 saturated heterocycles. The van der Waals surface area contributed by atoms with Gasteiger partial charge in [-0.05, 0) is 31.5 Å². The lowest BCUT2D eigenvalue weighted by Gasteiger charge is -2.17. The summed E-state index contributed by atoms with van der Waals surface area (Å²) in [5.41, 5.74) is 1.64. The predicted octanol–water partition coefficient (Wildman–Crippen LogP) is 2.31. The van der Waals surface area contributed by atoms with Gasteiger partial charge in [0.05, 0.1) is 6.54 Å². The van der Waals surface area contributed by atoms with Gasteiger partial charge in [-0.2, -0.15) is 0 Å². The molecule has 1 aromatic carbocycles. The van der Waals surface area contributed by atoms with Gasteiger partial charge in [0.15, 0.2) is 0 Å². The second-order valence-electron chi connectivity index (χ2n) is 4.79. The van der Waals surface area contributed by atoms with Crippen LogP contribution in [0.2, 0.25) is 0 Å². The zero-order valence-electron chi connectivity index (χ0n) is 11.3. The molecule has 0 saturated carbocycles. The van der Waals surface area contributed by atoms with Gasteiger partial charge >= 0.3 is 12.1 Å². The SMILES string of the molecule is CC(CCC(=O)O)Nc1cccc(N2CCOC2=O)c1. The Morgan fingerprint density at radius 1 is 1.55 bits per heavy atom. The maximum atomic E-state index is 11.5. The van der Waals surface area contributed by atoms with E-state index in [-0.39, 0.29) is 18.6 Å². The lowest BCUT2D eigenvalue weighted by atomic mass is 10.1. The van der Waals surface area contributed by atoms with Crippen molar-refractivity contribution >= 4 is 23.4 Å². The number of nitrogens with one attached hydrogen (secondary N) is 1. The Morgan fingerprint density at radius 2 is 2.35 bits per heavy atom. The maximum absolute atomic E-state index is 11.5. The number of hydrogen-bond acceptors (Lipinski definition) is 4. The van der Waals surface area contributed by atoms with Gasteiger partial charge in [-0.25, -0.2) is 4.79 Å². The third-order valence-electron chi connectivity index (χ3n) is 3.12. The average Bonchev–Trinajstić information content (AvgIpc) is 2.83. The standard InChI is InChI=1S/C14H18N2O4/c1-10(5-6-13(17)18)15-11-3-2-4-12(9-11)16-7-8-20-14(16)19/h2-4,9-10,15H,5-8H2,1H3,(H,17,18). The fourth-order valence-electron chi connectivity index (χ4n) is 2.09. The fraction of sp³-hybridized carbons (Fsp3) is 0.429. The molecular weight excluding hydrogens is 260 g/mol. The molecule has 1 aliphatic heterocycles. The molecule has 20 heavy (non-hydrogen) atoms. The van der Waals surface area contributed by atoms with Crippen molar-refractivity contribution in [1.82, 2.24) is 0 Å². The smallest absolute Gasteiger partial charge is 0.414 e. The summed E-state index contributed by atoms with van der Waals surface area (Å²) in [5.74, 6) is -0.799. The number of nitrogens with zero attached hydrogens (tertiary/aromatic N) is 1. The first-order chi connectivity index (χ1) is 9.56. The van der Waals surface area contributed by atoms with Crippen LogP contribution in [0, 0.1) is 0 Å². The second-order valence-corrected chi connectivity index (χ2v) is 4.79. The number of benzene rings is 1. The molecule has 1 unspecified atom stereocenters. The third kappa shape index (κ3) is 3.63. The van der Waals surface area contributed by atoms with E-state index in [1.807, 2.05) is 31.2 Å². The number of ether oxygens (including phenoxy) is 1. The van der Waals surface area contributed by atoms with E-state index in [2.05, 4.69) is 5.32 Å². The lowest BCUT2D eigenvalue weighted by Crippen LogP contribution is -2.23. The van der Waals surface area contributed by atoms with Crippen LogP contribution in [-0.4, -0.2) is 36.4 Å². The molecule has 0 aliphatic carbocycles. The number of carbonyl (C=O) groups excluding carboxylic acids is 1. The minimum Gasteiger partial charge on any atom is -0.481 e. The molecule has 1 amide bonds. The van der Waals surface area contributed by atoms with Crippen LogP contribution in [0.5, 0.6) is 0 Å². The molecule has 0 spiro atoms. The highest BCUT2D eigenvalue weighted by atomic mass is 16.6. The molecule has 108 valence electrons. The molecule has 0 aromatic heterocycles. The fourth-order valence-corrected chi connectivity index (χ4v) is 2.09. The van der Waals surface area contributed by atoms with Crippen LogP contribution in [0.4, 0.5) is 16.2 Å². The van der Waals surface area contributed by atoms with Crippen molar-refractivity contribution in [3.63, 3.8) is 0 Å². The van der Waals surface area contributed by atoms with E-state index in [0.29, 0.717) is 19.6 Å². The van der Waals surface area contributed by atoms with Crippen molar-refractivity contribution in [2.24, 2.45) is 0 Å². The summed E-state index contributed by atoms with van der Waals surface area (Å²) in [6.45, 7) is 2.89. The number of carbonyl (C=O) groups is 2. The quantitative estimate of drug-likeness (QED) is 0.834. The number of anilines is 2. The van der Waals surface area contributed by atoms with Crippen molar-refractivity contribution in [1.29, 1.82) is 0 Å². The van der Waals surface area contributed by atoms with Gasteiger partial charge in [0.1, 0.15) is 6.61 Å². The van der Waals surface area contributed by atoms with Crippen LogP contribution in [0.15, 0.2) is 24.3 Å². The summed E-state index contributed by atoms with van der Waals surface area (Å²) >= 11 is 0. The van der Waals surface area contributed by atoms with Gasteiger partial charge in [-0.3, -0.25) is 9.69 Å². The van der Waals surface area contributed by atoms with Crippen LogP contribution in [0.3, 0.4) is 0 Å². The Labute approximate surface area is 117 Å². The van der Waals surface area contributed by atoms with Gasteiger partial charge < -0.3 is 15.2 Å². The van der Waals surface area contributed by atoms with Crippen LogP contribution >= 0.6 is 0 Å². The summed E-state index contributed by atoms with van der Waals surface area (Å²) in [4.78, 5) is 23.6. The van der Waals surface area contributed by atoms with E-state index in [1.165, 1.54) is 0 Å². The van der Waals surface area contributed by atoms with Gasteiger partial charge in [0.2, 0.25) is 0 Å². The molecule has 0 bridgehead atoms. The van der Waals surface area contributed by atoms with E-state index in [1.54, 1.807) is 4.90 Å². The second kappa shape index (κ2) is 6.27. The Hall–Kier alpha value is -2.24. The van der Waals surface area contributed by atoms with Gasteiger partial charge in [0, 0.05) is 23.8 Å². The molecule has 1 aromatic rings. The topological polar surface area (TPSA) is 78.9 Å². The van der Waals surface area contributed by atoms with Crippen LogP contribution in [-0.2, 0) is 9.53 Å². The monoisotopic (exact) mass is 278 g/mol. The van der Waals surface area contributed by atoms with Crippen LogP contribution < -0.4 is 10.2 Å². The Morgan fingerprint density at radius 3 is 3.00 bits per heavy atom. The Bertz CT molecular complexity index is 504. The van der Waals surface area contributed by atoms with E-state index >= 15 is 0 Å². The van der Waals surface area contributed by atoms with E-state index in [9.17, 15) is 9.59 Å². The van der Waals surface area contributed by atoms with Crippen molar-refractivity contribution in [2.45, 2.75) is 25.8 Å². The highest BCUT2D eigenvalue weighted by Gasteiger charge is 2.23. The zero-order chi connectivity index (χ0) is 14.5. The highest BCUT2D eigenvalue weighted by Crippen LogP contribution is 2.23. The first-order valence-electron chi connectivity index (χ1n) is 6.59. The number of rotatable bonds is 6. The first kappa shape index (κ1) is 14.2. The van der Waals surface area contributed by atoms with E-state index in [4.69, 9.17) is 9.84 Å². The molecule has 0 radical (unpaired) electrons. The molecule has 1 aliphatic rings. The number of carboxylic acid groups (broad SMARTS) is 1. The van der Waals surface area contributed by atoms with Gasteiger partial charge in [-0.15, -0.1) is 0 Å². The number of aliphatic carboxylic acids is 1. The minimum atomic E-state index is -0.799. The van der Waals surface area contributed by atoms with Crippen molar-refractivity contribution in [3.8, 4) is 0 Å². The largest absolute Gasteiger partial charge is 0.481 e. The summed E-state index contributed by atoms with van der Waals surface area (Å²) in [7, 11) is 0. The number of carboxylic acids is 1. The Kier molecular flexibility index (Phi) is 4.45. The summed E-state index contributed by atoms with van der Waals surface area (Å²) in [6.07, 6.45) is 0.346. The molecule has 1 heterocycles. The molecule has 2 rings (SSSR count). The summed E-state index contributed by atoms with van der Waals surface area (Å²) in [6, 6.07) is 7.51. The predicted molar refractivity (Wildman–Crippen MR) is 75.1 cm³/mol. The maximum Gasteiger partial charge on any atom is 0.414 e. The molecule has 6 heteroatoms. The number of amides is 1. The van der Waals surface area contributed by atoms with Crippen LogP contribution in [0.25, 0.3) is 0 Å². The van der Waals surface area contributed by atoms with E-state index in [0.717, 1.165) is 11.4 Å². The summed E-state index contributed by atoms with van der Waals surface area (Å²) < 4.78 is 4.91. The molecule has 1 atom stereocenters. The minimum absolute atomic E-state index is 0.0480. The highest BCUT2D eigenvalue weighted by molar-refractivity contribution is 5.89. The molecule has 6 nitrogen and oxygen atoms in total. The molecule has 1 fully saturated rings. The van der Waals surface area contributed by atoms with Gasteiger partial charge in [0.25, 0.3) is 0 Å². The normalized spacial score (nSPS) is 15.8. The average molecular weight is 278 g/mol. The molecule has 2 N–H and O–H groups in total. The first-order valence-corrected chi connectivity index (χ1v) is 6.59. The van der Waals surface area contributed by atoms with Crippen molar-refractivity contribution in [2.75, 3.05) is 23.4 Å². The lowest BCUT2D eigenvalue weighted by molar-refractivity contribution is -0.137.